The van der Waals surface area contributed by atoms with Crippen molar-refractivity contribution >= 4 is 74.1 Å². The summed E-state index contributed by atoms with van der Waals surface area (Å²) < 4.78 is 10.4. The number of carbonyl (C=O) groups is 4. The third-order valence-electron chi connectivity index (χ3n) is 4.48. The van der Waals surface area contributed by atoms with E-state index in [4.69, 9.17) is 16.3 Å². The zero-order chi connectivity index (χ0) is 24.1. The molecule has 2 aromatic rings. The molecule has 0 aromatic heterocycles. The van der Waals surface area contributed by atoms with Crippen LogP contribution in [0.3, 0.4) is 0 Å². The summed E-state index contributed by atoms with van der Waals surface area (Å²) in [5, 5.41) is 2.59. The van der Waals surface area contributed by atoms with Crippen molar-refractivity contribution in [3.63, 3.8) is 0 Å². The molecule has 1 N–H and O–H groups in total. The Morgan fingerprint density at radius 3 is 2.67 bits per heavy atom. The van der Waals surface area contributed by atoms with Gasteiger partial charge in [-0.15, -0.1) is 0 Å². The van der Waals surface area contributed by atoms with Crippen molar-refractivity contribution in [3.8, 4) is 5.75 Å². The van der Waals surface area contributed by atoms with Crippen LogP contribution in [0.4, 0.5) is 10.5 Å². The van der Waals surface area contributed by atoms with Crippen LogP contribution in [0.25, 0.3) is 6.08 Å². The Labute approximate surface area is 207 Å². The molecule has 1 saturated heterocycles. The third-order valence-corrected chi connectivity index (χ3v) is 6.24. The second kappa shape index (κ2) is 10.9. The molecule has 1 aliphatic heterocycles. The van der Waals surface area contributed by atoms with E-state index in [2.05, 4.69) is 26.0 Å². The molecule has 3 rings (SSSR count). The van der Waals surface area contributed by atoms with Crippen LogP contribution in [-0.2, 0) is 19.1 Å². The van der Waals surface area contributed by atoms with Crippen LogP contribution in [0.1, 0.15) is 11.1 Å². The Hall–Kier alpha value is -2.82. The Balaban J connectivity index is 1.68. The molecule has 0 unspecified atom stereocenters. The normalized spacial score (nSPS) is 14.5. The SMILES string of the molecule is COC(=O)COc1ccc(/C=C2/SC(=O)N(CC(=O)Nc3cc(Cl)ccc3C)C2=O)cc1Br. The van der Waals surface area contributed by atoms with Crippen LogP contribution in [0, 0.1) is 6.92 Å². The van der Waals surface area contributed by atoms with E-state index in [1.807, 2.05) is 0 Å². The zero-order valence-corrected chi connectivity index (χ0v) is 20.7. The maximum atomic E-state index is 12.7. The molecule has 0 bridgehead atoms. The maximum Gasteiger partial charge on any atom is 0.343 e. The average Bonchev–Trinajstić information content (AvgIpc) is 3.02. The summed E-state index contributed by atoms with van der Waals surface area (Å²) >= 11 is 10.1. The summed E-state index contributed by atoms with van der Waals surface area (Å²) in [5.41, 5.74) is 1.93. The van der Waals surface area contributed by atoms with Crippen molar-refractivity contribution in [2.45, 2.75) is 6.92 Å². The van der Waals surface area contributed by atoms with Crippen LogP contribution in [0.2, 0.25) is 5.02 Å². The fraction of sp³-hybridized carbons (Fsp3) is 0.182. The van der Waals surface area contributed by atoms with Gasteiger partial charge in [-0.05, 0) is 76.1 Å². The number of rotatable bonds is 7. The van der Waals surface area contributed by atoms with E-state index < -0.39 is 29.6 Å². The summed E-state index contributed by atoms with van der Waals surface area (Å²) in [6, 6.07) is 10.0. The Bertz CT molecular complexity index is 1170. The number of benzene rings is 2. The minimum Gasteiger partial charge on any atom is -0.481 e. The van der Waals surface area contributed by atoms with Gasteiger partial charge in [0.2, 0.25) is 5.91 Å². The van der Waals surface area contributed by atoms with Gasteiger partial charge in [0.15, 0.2) is 6.61 Å². The Kier molecular flexibility index (Phi) is 8.17. The van der Waals surface area contributed by atoms with Crippen molar-refractivity contribution in [1.82, 2.24) is 4.90 Å². The molecule has 11 heteroatoms. The van der Waals surface area contributed by atoms with Gasteiger partial charge in [-0.25, -0.2) is 4.79 Å². The summed E-state index contributed by atoms with van der Waals surface area (Å²) in [6.45, 7) is 1.14. The summed E-state index contributed by atoms with van der Waals surface area (Å²) in [4.78, 5) is 49.8. The van der Waals surface area contributed by atoms with Gasteiger partial charge in [0.05, 0.1) is 16.5 Å². The van der Waals surface area contributed by atoms with Gasteiger partial charge >= 0.3 is 5.97 Å². The number of hydrogen-bond acceptors (Lipinski definition) is 7. The number of nitrogens with one attached hydrogen (secondary N) is 1. The van der Waals surface area contributed by atoms with Crippen LogP contribution in [0.5, 0.6) is 5.75 Å². The first kappa shape index (κ1) is 24.8. The van der Waals surface area contributed by atoms with Gasteiger partial charge in [-0.3, -0.25) is 19.3 Å². The lowest BCUT2D eigenvalue weighted by molar-refractivity contribution is -0.143. The Morgan fingerprint density at radius 1 is 1.21 bits per heavy atom. The van der Waals surface area contributed by atoms with Gasteiger partial charge in [0.1, 0.15) is 12.3 Å². The molecule has 33 heavy (non-hydrogen) atoms. The number of esters is 1. The lowest BCUT2D eigenvalue weighted by atomic mass is 10.2. The fourth-order valence-electron chi connectivity index (χ4n) is 2.77. The van der Waals surface area contributed by atoms with E-state index in [9.17, 15) is 19.2 Å². The number of ether oxygens (including phenoxy) is 2. The predicted octanol–water partition coefficient (Wildman–Crippen LogP) is 4.64. The van der Waals surface area contributed by atoms with Crippen molar-refractivity contribution in [2.24, 2.45) is 0 Å². The second-order valence-electron chi connectivity index (χ2n) is 6.83. The van der Waals surface area contributed by atoms with Crippen LogP contribution in [0.15, 0.2) is 45.8 Å². The molecule has 1 fully saturated rings. The number of imide groups is 1. The zero-order valence-electron chi connectivity index (χ0n) is 17.5. The number of amides is 3. The second-order valence-corrected chi connectivity index (χ2v) is 9.11. The molecule has 2 aromatic carbocycles. The van der Waals surface area contributed by atoms with Crippen molar-refractivity contribution < 1.29 is 28.7 Å². The first-order valence-corrected chi connectivity index (χ1v) is 11.5. The third kappa shape index (κ3) is 6.37. The molecular formula is C22H18BrClN2O6S. The highest BCUT2D eigenvalue weighted by molar-refractivity contribution is 9.10. The van der Waals surface area contributed by atoms with Gasteiger partial charge in [-0.1, -0.05) is 23.7 Å². The van der Waals surface area contributed by atoms with Crippen LogP contribution < -0.4 is 10.1 Å². The minimum atomic E-state index is -0.565. The van der Waals surface area contributed by atoms with Crippen molar-refractivity contribution in [2.75, 3.05) is 25.6 Å². The molecule has 0 spiro atoms. The van der Waals surface area contributed by atoms with Crippen molar-refractivity contribution in [1.29, 1.82) is 0 Å². The molecule has 0 aliphatic carbocycles. The summed E-state index contributed by atoms with van der Waals surface area (Å²) in [5.74, 6) is -1.18. The number of carbonyl (C=O) groups excluding carboxylic acids is 4. The maximum absolute atomic E-state index is 12.7. The summed E-state index contributed by atoms with van der Waals surface area (Å²) in [6.07, 6.45) is 1.54. The molecule has 0 radical (unpaired) electrons. The van der Waals surface area contributed by atoms with Crippen molar-refractivity contribution in [3.05, 3.63) is 61.9 Å². The number of anilines is 1. The van der Waals surface area contributed by atoms with Gasteiger partial charge in [-0.2, -0.15) is 0 Å². The van der Waals surface area contributed by atoms with Gasteiger partial charge < -0.3 is 14.8 Å². The topological polar surface area (TPSA) is 102 Å². The fourth-order valence-corrected chi connectivity index (χ4v) is 4.29. The summed E-state index contributed by atoms with van der Waals surface area (Å²) in [7, 11) is 1.26. The number of nitrogens with zero attached hydrogens (tertiary/aromatic N) is 1. The molecular weight excluding hydrogens is 536 g/mol. The van der Waals surface area contributed by atoms with Crippen LogP contribution in [-0.4, -0.2) is 48.2 Å². The lowest BCUT2D eigenvalue weighted by Crippen LogP contribution is -2.36. The van der Waals surface area contributed by atoms with E-state index >= 15 is 0 Å². The largest absolute Gasteiger partial charge is 0.481 e. The standard InChI is InChI=1S/C22H18BrClN2O6S/c1-12-3-5-14(24)9-16(12)25-19(27)10-26-21(29)18(33-22(26)30)8-13-4-6-17(15(23)7-13)32-11-20(28)31-2/h3-9H,10-11H2,1-2H3,(H,25,27)/b18-8+. The number of methoxy groups -OCH3 is 1. The quantitative estimate of drug-likeness (QED) is 0.394. The minimum absolute atomic E-state index is 0.182. The first-order valence-electron chi connectivity index (χ1n) is 9.48. The highest BCUT2D eigenvalue weighted by Gasteiger charge is 2.36. The van der Waals surface area contributed by atoms with E-state index in [1.54, 1.807) is 49.4 Å². The molecule has 0 saturated carbocycles. The average molecular weight is 554 g/mol. The number of aryl methyl sites for hydroxylation is 1. The molecule has 0 atom stereocenters. The van der Waals surface area contributed by atoms with E-state index in [0.717, 1.165) is 22.2 Å². The van der Waals surface area contributed by atoms with Gasteiger partial charge in [0.25, 0.3) is 11.1 Å². The smallest absolute Gasteiger partial charge is 0.343 e. The lowest BCUT2D eigenvalue weighted by Gasteiger charge is -2.13. The van der Waals surface area contributed by atoms with E-state index in [1.165, 1.54) is 7.11 Å². The molecule has 8 nitrogen and oxygen atoms in total. The number of thioether (sulfide) groups is 1. The first-order chi connectivity index (χ1) is 15.7. The van der Waals surface area contributed by atoms with Crippen LogP contribution >= 0.6 is 39.3 Å². The molecule has 1 aliphatic rings. The molecule has 1 heterocycles. The number of halogens is 2. The van der Waals surface area contributed by atoms with Gasteiger partial charge in [0, 0.05) is 10.7 Å². The predicted molar refractivity (Wildman–Crippen MR) is 129 cm³/mol. The molecule has 3 amide bonds. The van der Waals surface area contributed by atoms with E-state index in [-0.39, 0.29) is 11.5 Å². The highest BCUT2D eigenvalue weighted by Crippen LogP contribution is 2.34. The number of hydrogen-bond donors (Lipinski definition) is 1. The Morgan fingerprint density at radius 2 is 1.97 bits per heavy atom. The highest BCUT2D eigenvalue weighted by atomic mass is 79.9. The monoisotopic (exact) mass is 552 g/mol. The molecule has 172 valence electrons. The van der Waals surface area contributed by atoms with E-state index in [0.29, 0.717) is 26.5 Å².